The van der Waals surface area contributed by atoms with E-state index in [1.807, 2.05) is 24.4 Å². The highest BCUT2D eigenvalue weighted by Crippen LogP contribution is 2.24. The third kappa shape index (κ3) is 3.49. The molecular weight excluding hydrogens is 300 g/mol. The first-order valence-electron chi connectivity index (χ1n) is 7.22. The number of hydrogen-bond donors (Lipinski definition) is 1. The number of rotatable bonds is 4. The van der Waals surface area contributed by atoms with E-state index in [-0.39, 0.29) is 11.9 Å². The molecule has 1 N–H and O–H groups in total. The molecule has 0 radical (unpaired) electrons. The van der Waals surface area contributed by atoms with E-state index >= 15 is 0 Å². The fourth-order valence-electron chi connectivity index (χ4n) is 2.33. The van der Waals surface area contributed by atoms with E-state index in [9.17, 15) is 4.79 Å². The van der Waals surface area contributed by atoms with Crippen LogP contribution >= 0.6 is 11.3 Å². The molecule has 1 unspecified atom stereocenters. The van der Waals surface area contributed by atoms with E-state index in [0.717, 1.165) is 24.3 Å². The first-order valence-corrected chi connectivity index (χ1v) is 8.10. The zero-order valence-electron chi connectivity index (χ0n) is 12.4. The predicted molar refractivity (Wildman–Crippen MR) is 85.8 cm³/mol. The number of hydrogen-bond acceptors (Lipinski definition) is 6. The minimum Gasteiger partial charge on any atom is -0.379 e. The number of anilines is 1. The summed E-state index contributed by atoms with van der Waals surface area (Å²) in [7, 11) is 0. The van der Waals surface area contributed by atoms with Gasteiger partial charge in [-0.05, 0) is 19.1 Å². The fourth-order valence-corrected chi connectivity index (χ4v) is 3.05. The number of nitrogens with zero attached hydrogens (tertiary/aromatic N) is 3. The number of ether oxygens (including phenoxy) is 1. The molecule has 3 heterocycles. The van der Waals surface area contributed by atoms with E-state index in [4.69, 9.17) is 4.74 Å². The van der Waals surface area contributed by atoms with Crippen LogP contribution in [0.25, 0.3) is 11.3 Å². The first kappa shape index (κ1) is 15.1. The van der Waals surface area contributed by atoms with Crippen LogP contribution in [0.4, 0.5) is 5.13 Å². The third-order valence-corrected chi connectivity index (χ3v) is 4.44. The highest BCUT2D eigenvalue weighted by Gasteiger charge is 2.23. The zero-order chi connectivity index (χ0) is 15.4. The van der Waals surface area contributed by atoms with Crippen LogP contribution in [0, 0.1) is 0 Å². The van der Waals surface area contributed by atoms with Gasteiger partial charge in [0.2, 0.25) is 5.91 Å². The summed E-state index contributed by atoms with van der Waals surface area (Å²) in [6.45, 7) is 4.85. The van der Waals surface area contributed by atoms with Crippen LogP contribution in [0.2, 0.25) is 0 Å². The number of amides is 1. The van der Waals surface area contributed by atoms with E-state index in [1.165, 1.54) is 11.3 Å². The molecule has 1 amide bonds. The highest BCUT2D eigenvalue weighted by molar-refractivity contribution is 7.14. The normalized spacial score (nSPS) is 17.1. The summed E-state index contributed by atoms with van der Waals surface area (Å²) in [5, 5.41) is 5.46. The molecule has 2 aromatic heterocycles. The van der Waals surface area contributed by atoms with Crippen molar-refractivity contribution in [1.29, 1.82) is 0 Å². The van der Waals surface area contributed by atoms with Crippen molar-refractivity contribution in [2.24, 2.45) is 0 Å². The highest BCUT2D eigenvalue weighted by atomic mass is 32.1. The number of carbonyl (C=O) groups excluding carboxylic acids is 1. The monoisotopic (exact) mass is 318 g/mol. The van der Waals surface area contributed by atoms with Crippen molar-refractivity contribution in [3.05, 3.63) is 29.9 Å². The standard InChI is InChI=1S/C15H18N4O2S/c1-11(19-6-8-21-9-7-19)14(20)18-15-17-13(10-22-15)12-2-4-16-5-3-12/h2-5,10-11H,6-9H2,1H3,(H,17,18,20). The van der Waals surface area contributed by atoms with Gasteiger partial charge in [0.25, 0.3) is 0 Å². The Morgan fingerprint density at radius 3 is 2.82 bits per heavy atom. The Kier molecular flexibility index (Phi) is 4.77. The number of nitrogens with one attached hydrogen (secondary N) is 1. The lowest BCUT2D eigenvalue weighted by Gasteiger charge is -2.31. The van der Waals surface area contributed by atoms with Crippen LogP contribution in [0.1, 0.15) is 6.92 Å². The molecule has 7 heteroatoms. The van der Waals surface area contributed by atoms with Gasteiger partial charge in [-0.1, -0.05) is 0 Å². The summed E-state index contributed by atoms with van der Waals surface area (Å²) < 4.78 is 5.31. The van der Waals surface area contributed by atoms with Gasteiger partial charge in [0.15, 0.2) is 5.13 Å². The van der Waals surface area contributed by atoms with Crippen molar-refractivity contribution in [3.8, 4) is 11.3 Å². The Bertz CT molecular complexity index is 625. The second-order valence-corrected chi connectivity index (χ2v) is 5.95. The summed E-state index contributed by atoms with van der Waals surface area (Å²) in [4.78, 5) is 22.9. The summed E-state index contributed by atoms with van der Waals surface area (Å²) >= 11 is 1.43. The van der Waals surface area contributed by atoms with Gasteiger partial charge in [-0.3, -0.25) is 14.7 Å². The first-order chi connectivity index (χ1) is 10.7. The summed E-state index contributed by atoms with van der Waals surface area (Å²) in [6.07, 6.45) is 3.46. The fraction of sp³-hybridized carbons (Fsp3) is 0.400. The molecule has 1 aliphatic rings. The third-order valence-electron chi connectivity index (χ3n) is 3.68. The van der Waals surface area contributed by atoms with Gasteiger partial charge in [-0.2, -0.15) is 0 Å². The van der Waals surface area contributed by atoms with Crippen LogP contribution in [0.5, 0.6) is 0 Å². The van der Waals surface area contributed by atoms with Crippen LogP contribution in [0.3, 0.4) is 0 Å². The van der Waals surface area contributed by atoms with Crippen molar-refractivity contribution in [2.75, 3.05) is 31.6 Å². The topological polar surface area (TPSA) is 67.4 Å². The number of pyridine rings is 1. The molecule has 1 saturated heterocycles. The molecular formula is C15H18N4O2S. The maximum absolute atomic E-state index is 12.3. The van der Waals surface area contributed by atoms with Crippen LogP contribution in [-0.2, 0) is 9.53 Å². The van der Waals surface area contributed by atoms with Gasteiger partial charge in [-0.15, -0.1) is 11.3 Å². The number of thiazole rings is 1. The number of morpholine rings is 1. The Hall–Kier alpha value is -1.83. The largest absolute Gasteiger partial charge is 0.379 e. The molecule has 22 heavy (non-hydrogen) atoms. The van der Waals surface area contributed by atoms with E-state index in [2.05, 4.69) is 20.2 Å². The minimum absolute atomic E-state index is 0.0301. The zero-order valence-corrected chi connectivity index (χ0v) is 13.2. The Morgan fingerprint density at radius 2 is 2.09 bits per heavy atom. The quantitative estimate of drug-likeness (QED) is 0.932. The predicted octanol–water partition coefficient (Wildman–Crippen LogP) is 1.86. The van der Waals surface area contributed by atoms with Gasteiger partial charge in [-0.25, -0.2) is 4.98 Å². The van der Waals surface area contributed by atoms with Crippen molar-refractivity contribution in [3.63, 3.8) is 0 Å². The molecule has 2 aromatic rings. The second kappa shape index (κ2) is 6.95. The molecule has 1 fully saturated rings. The molecule has 0 spiro atoms. The summed E-state index contributed by atoms with van der Waals surface area (Å²) in [6, 6.07) is 3.62. The minimum atomic E-state index is -0.183. The smallest absolute Gasteiger partial charge is 0.243 e. The van der Waals surface area contributed by atoms with Gasteiger partial charge in [0.05, 0.1) is 24.9 Å². The van der Waals surface area contributed by atoms with Crippen molar-refractivity contribution in [1.82, 2.24) is 14.9 Å². The molecule has 1 atom stereocenters. The van der Waals surface area contributed by atoms with E-state index in [1.54, 1.807) is 12.4 Å². The lowest BCUT2D eigenvalue weighted by atomic mass is 10.2. The van der Waals surface area contributed by atoms with Crippen LogP contribution in [0.15, 0.2) is 29.9 Å². The van der Waals surface area contributed by atoms with Crippen molar-refractivity contribution >= 4 is 22.4 Å². The molecule has 0 bridgehead atoms. The van der Waals surface area contributed by atoms with Gasteiger partial charge >= 0.3 is 0 Å². The Morgan fingerprint density at radius 1 is 1.36 bits per heavy atom. The number of carbonyl (C=O) groups is 1. The van der Waals surface area contributed by atoms with Crippen molar-refractivity contribution < 1.29 is 9.53 Å². The van der Waals surface area contributed by atoms with E-state index < -0.39 is 0 Å². The lowest BCUT2D eigenvalue weighted by Crippen LogP contribution is -2.47. The van der Waals surface area contributed by atoms with Crippen LogP contribution in [-0.4, -0.2) is 53.1 Å². The van der Waals surface area contributed by atoms with Crippen LogP contribution < -0.4 is 5.32 Å². The molecule has 0 aromatic carbocycles. The summed E-state index contributed by atoms with van der Waals surface area (Å²) in [5.74, 6) is -0.0301. The van der Waals surface area contributed by atoms with Gasteiger partial charge in [0, 0.05) is 36.4 Å². The Labute approximate surface area is 133 Å². The van der Waals surface area contributed by atoms with Gasteiger partial charge < -0.3 is 10.1 Å². The maximum Gasteiger partial charge on any atom is 0.243 e. The SMILES string of the molecule is CC(C(=O)Nc1nc(-c2ccncc2)cs1)N1CCOCC1. The lowest BCUT2D eigenvalue weighted by molar-refractivity contribution is -0.122. The van der Waals surface area contributed by atoms with E-state index in [0.29, 0.717) is 18.3 Å². The average molecular weight is 318 g/mol. The molecule has 0 aliphatic carbocycles. The average Bonchev–Trinajstić information content (AvgIpc) is 3.04. The van der Waals surface area contributed by atoms with Crippen molar-refractivity contribution in [2.45, 2.75) is 13.0 Å². The second-order valence-electron chi connectivity index (χ2n) is 5.09. The molecule has 0 saturated carbocycles. The molecule has 6 nitrogen and oxygen atoms in total. The Balaban J connectivity index is 1.63. The number of aromatic nitrogens is 2. The molecule has 1 aliphatic heterocycles. The summed E-state index contributed by atoms with van der Waals surface area (Å²) in [5.41, 5.74) is 1.84. The maximum atomic E-state index is 12.3. The molecule has 3 rings (SSSR count). The molecule has 116 valence electrons. The van der Waals surface area contributed by atoms with Gasteiger partial charge in [0.1, 0.15) is 0 Å².